The fraction of sp³-hybridized carbons (Fsp3) is 0.917. The maximum atomic E-state index is 10.9. The summed E-state index contributed by atoms with van der Waals surface area (Å²) in [5, 5.41) is 0. The van der Waals surface area contributed by atoms with Crippen LogP contribution in [-0.2, 0) is 13.9 Å². The summed E-state index contributed by atoms with van der Waals surface area (Å²) in [4.78, 5) is 31.1. The molecule has 0 aromatic heterocycles. The molecule has 0 bridgehead atoms. The Morgan fingerprint density at radius 3 is 1.70 bits per heavy atom. The molecule has 0 saturated heterocycles. The zero-order valence-electron chi connectivity index (χ0n) is 13.1. The van der Waals surface area contributed by atoms with Gasteiger partial charge >= 0.3 is 65.1 Å². The molecule has 0 radical (unpaired) electrons. The fourth-order valence-electron chi connectivity index (χ4n) is 1.75. The Balaban J connectivity index is -0.00000144. The van der Waals surface area contributed by atoms with Crippen LogP contribution in [0.4, 0.5) is 0 Å². The van der Waals surface area contributed by atoms with Gasteiger partial charge in [0.2, 0.25) is 0 Å². The summed E-state index contributed by atoms with van der Waals surface area (Å²) in [5.74, 6) is -0.939. The maximum absolute atomic E-state index is 10.9. The second kappa shape index (κ2) is 17.0. The Hall–Kier alpha value is 1.62. The van der Waals surface area contributed by atoms with Crippen LogP contribution in [0.15, 0.2) is 0 Å². The topological polar surface area (TPSA) is 89.5 Å². The van der Waals surface area contributed by atoms with Crippen LogP contribution in [0.25, 0.3) is 0 Å². The van der Waals surface area contributed by atoms with Gasteiger partial charge in [0.05, 0.1) is 0 Å². The van der Waals surface area contributed by atoms with Crippen molar-refractivity contribution in [2.75, 3.05) is 0 Å². The van der Waals surface area contributed by atoms with Crippen molar-refractivity contribution >= 4 is 13.8 Å². The number of phosphoric ester groups is 1. The molecule has 8 heteroatoms. The number of unbranched alkanes of at least 4 members (excludes halogenated alkanes) is 8. The molecule has 0 fully saturated rings. The van der Waals surface area contributed by atoms with Crippen molar-refractivity contribution in [3.63, 3.8) is 0 Å². The van der Waals surface area contributed by atoms with E-state index in [-0.39, 0.29) is 65.5 Å². The van der Waals surface area contributed by atoms with Gasteiger partial charge in [-0.05, 0) is 6.42 Å². The van der Waals surface area contributed by atoms with Crippen LogP contribution >= 0.6 is 7.82 Å². The Morgan fingerprint density at radius 2 is 1.30 bits per heavy atom. The third-order valence-electron chi connectivity index (χ3n) is 2.70. The van der Waals surface area contributed by atoms with E-state index in [1.54, 1.807) is 0 Å². The van der Waals surface area contributed by atoms with Crippen molar-refractivity contribution in [1.82, 2.24) is 0 Å². The molecule has 0 aliphatic heterocycles. The molecule has 5 nitrogen and oxygen atoms in total. The van der Waals surface area contributed by atoms with Gasteiger partial charge in [0.15, 0.2) is 0 Å². The van der Waals surface area contributed by atoms with Gasteiger partial charge in [-0.2, -0.15) is 0 Å². The van der Waals surface area contributed by atoms with E-state index >= 15 is 0 Å². The molecule has 0 aliphatic carbocycles. The predicted molar refractivity (Wildman–Crippen MR) is 65.5 cm³/mol. The molecule has 0 atom stereocenters. The van der Waals surface area contributed by atoms with Gasteiger partial charge in [0.1, 0.15) is 7.82 Å². The van der Waals surface area contributed by atoms with Gasteiger partial charge < -0.3 is 18.9 Å². The second-order valence-electron chi connectivity index (χ2n) is 4.49. The summed E-state index contributed by atoms with van der Waals surface area (Å²) < 4.78 is 13.8. The SMILES string of the molecule is CCCCCCCCCCCC(=O)OP(=O)([O-])[O-].[Na+].[Na+]. The van der Waals surface area contributed by atoms with Crippen molar-refractivity contribution in [3.8, 4) is 0 Å². The molecule has 20 heavy (non-hydrogen) atoms. The number of hydrogen-bond acceptors (Lipinski definition) is 5. The molecular formula is C12H23Na2O5P. The first kappa shape index (κ1) is 26.5. The largest absolute Gasteiger partial charge is 1.00 e. The van der Waals surface area contributed by atoms with E-state index in [4.69, 9.17) is 0 Å². The van der Waals surface area contributed by atoms with Gasteiger partial charge in [-0.25, -0.2) is 0 Å². The van der Waals surface area contributed by atoms with Gasteiger partial charge in [0, 0.05) is 6.42 Å². The van der Waals surface area contributed by atoms with Crippen LogP contribution in [0.2, 0.25) is 0 Å². The molecular weight excluding hydrogens is 301 g/mol. The predicted octanol–water partition coefficient (Wildman–Crippen LogP) is -3.71. The van der Waals surface area contributed by atoms with Crippen LogP contribution in [0.3, 0.4) is 0 Å². The molecule has 0 rings (SSSR count). The van der Waals surface area contributed by atoms with Crippen molar-refractivity contribution in [2.45, 2.75) is 71.1 Å². The number of carbonyl (C=O) groups excluding carboxylic acids is 1. The van der Waals surface area contributed by atoms with Gasteiger partial charge in [-0.1, -0.05) is 58.3 Å². The van der Waals surface area contributed by atoms with E-state index < -0.39 is 13.8 Å². The van der Waals surface area contributed by atoms with Crippen molar-refractivity contribution in [3.05, 3.63) is 0 Å². The van der Waals surface area contributed by atoms with Crippen molar-refractivity contribution in [1.29, 1.82) is 0 Å². The van der Waals surface area contributed by atoms with Gasteiger partial charge in [0.25, 0.3) is 0 Å². The number of carbonyl (C=O) groups is 1. The molecule has 108 valence electrons. The van der Waals surface area contributed by atoms with Crippen LogP contribution in [-0.4, -0.2) is 5.97 Å². The summed E-state index contributed by atoms with van der Waals surface area (Å²) >= 11 is 0. The standard InChI is InChI=1S/C12H25O5P.2Na/c1-2-3-4-5-6-7-8-9-10-11-12(13)17-18(14,15)16;;/h2-11H2,1H3,(H2,14,15,16);;/q;2*+1/p-2. The average Bonchev–Trinajstić information content (AvgIpc) is 2.24. The van der Waals surface area contributed by atoms with E-state index in [1.165, 1.54) is 32.1 Å². The Bertz CT molecular complexity index is 271. The first-order chi connectivity index (χ1) is 8.45. The van der Waals surface area contributed by atoms with E-state index in [1.807, 2.05) is 0 Å². The zero-order valence-corrected chi connectivity index (χ0v) is 18.0. The van der Waals surface area contributed by atoms with Gasteiger partial charge in [-0.15, -0.1) is 0 Å². The van der Waals surface area contributed by atoms with Crippen LogP contribution in [0.5, 0.6) is 0 Å². The fourth-order valence-corrected chi connectivity index (χ4v) is 2.09. The van der Waals surface area contributed by atoms with Crippen molar-refractivity contribution < 1.29 is 82.8 Å². The third-order valence-corrected chi connectivity index (χ3v) is 3.13. The quantitative estimate of drug-likeness (QED) is 0.222. The third kappa shape index (κ3) is 21.9. The van der Waals surface area contributed by atoms with E-state index in [0.29, 0.717) is 6.42 Å². The minimum Gasteiger partial charge on any atom is -0.780 e. The molecule has 0 aliphatic rings. The van der Waals surface area contributed by atoms with E-state index in [2.05, 4.69) is 11.4 Å². The molecule has 0 spiro atoms. The molecule has 0 aromatic rings. The molecule has 0 aromatic carbocycles. The summed E-state index contributed by atoms with van der Waals surface area (Å²) in [6.45, 7) is 2.18. The summed E-state index contributed by atoms with van der Waals surface area (Å²) in [6, 6.07) is 0. The summed E-state index contributed by atoms with van der Waals surface area (Å²) in [6.07, 6.45) is 9.90. The van der Waals surface area contributed by atoms with Crippen LogP contribution in [0, 0.1) is 0 Å². The summed E-state index contributed by atoms with van der Waals surface area (Å²) in [7, 11) is -5.15. The van der Waals surface area contributed by atoms with Crippen LogP contribution in [0.1, 0.15) is 71.1 Å². The monoisotopic (exact) mass is 324 g/mol. The second-order valence-corrected chi connectivity index (χ2v) is 5.57. The minimum atomic E-state index is -5.15. The maximum Gasteiger partial charge on any atom is 1.00 e. The first-order valence-corrected chi connectivity index (χ1v) is 8.16. The van der Waals surface area contributed by atoms with Gasteiger partial charge in [-0.3, -0.25) is 4.79 Å². The zero-order chi connectivity index (χ0) is 13.9. The van der Waals surface area contributed by atoms with Crippen molar-refractivity contribution in [2.24, 2.45) is 0 Å². The Labute approximate surface area is 166 Å². The molecule has 0 N–H and O–H groups in total. The summed E-state index contributed by atoms with van der Waals surface area (Å²) in [5.41, 5.74) is 0. The van der Waals surface area contributed by atoms with Crippen LogP contribution < -0.4 is 68.9 Å². The normalized spacial score (nSPS) is 10.3. The Morgan fingerprint density at radius 1 is 0.900 bits per heavy atom. The number of rotatable bonds is 11. The molecule has 0 saturated carbocycles. The smallest absolute Gasteiger partial charge is 0.780 e. The minimum absolute atomic E-state index is 0. The first-order valence-electron chi connectivity index (χ1n) is 6.70. The van der Waals surface area contributed by atoms with E-state index in [0.717, 1.165) is 19.3 Å². The Kier molecular flexibility index (Phi) is 22.5. The van der Waals surface area contributed by atoms with E-state index in [9.17, 15) is 19.1 Å². The molecule has 0 unspecified atom stereocenters. The molecule has 0 amide bonds. The number of hydrogen-bond donors (Lipinski definition) is 0. The average molecular weight is 324 g/mol. The number of phosphoric acid groups is 1. The molecule has 0 heterocycles.